The van der Waals surface area contributed by atoms with Gasteiger partial charge < -0.3 is 15.2 Å². The molecule has 0 aliphatic rings. The maximum Gasteiger partial charge on any atom is 0.265 e. The molecule has 0 aromatic heterocycles. The lowest BCUT2D eigenvalue weighted by Gasteiger charge is -2.15. The van der Waals surface area contributed by atoms with E-state index in [4.69, 9.17) is 4.74 Å². The molecule has 0 saturated carbocycles. The van der Waals surface area contributed by atoms with E-state index in [0.717, 1.165) is 11.3 Å². The van der Waals surface area contributed by atoms with E-state index >= 15 is 0 Å². The molecule has 0 saturated heterocycles. The van der Waals surface area contributed by atoms with Crippen molar-refractivity contribution in [2.45, 2.75) is 26.1 Å². The Balaban J connectivity index is 1.94. The summed E-state index contributed by atoms with van der Waals surface area (Å²) >= 11 is 0. The molecule has 0 fully saturated rings. The van der Waals surface area contributed by atoms with Crippen molar-refractivity contribution in [2.24, 2.45) is 0 Å². The van der Waals surface area contributed by atoms with Gasteiger partial charge in [0.15, 0.2) is 6.10 Å². The second kappa shape index (κ2) is 6.90. The highest BCUT2D eigenvalue weighted by atomic mass is 16.5. The Kier molecular flexibility index (Phi) is 4.95. The van der Waals surface area contributed by atoms with Crippen LogP contribution in [0, 0.1) is 0 Å². The lowest BCUT2D eigenvalue weighted by Crippen LogP contribution is -2.30. The Labute approximate surface area is 124 Å². The van der Waals surface area contributed by atoms with E-state index in [-0.39, 0.29) is 5.91 Å². The molecule has 2 N–H and O–H groups in total. The molecule has 4 heteroatoms. The normalized spacial score (nSPS) is 13.3. The Morgan fingerprint density at radius 1 is 1.05 bits per heavy atom. The van der Waals surface area contributed by atoms with Crippen LogP contribution in [0.4, 0.5) is 5.69 Å². The summed E-state index contributed by atoms with van der Waals surface area (Å²) in [6, 6.07) is 16.3. The van der Waals surface area contributed by atoms with Crippen LogP contribution in [0.2, 0.25) is 0 Å². The van der Waals surface area contributed by atoms with Crippen LogP contribution >= 0.6 is 0 Å². The monoisotopic (exact) mass is 285 g/mol. The number of amides is 1. The minimum Gasteiger partial charge on any atom is -0.481 e. The van der Waals surface area contributed by atoms with Crippen molar-refractivity contribution in [1.82, 2.24) is 0 Å². The van der Waals surface area contributed by atoms with E-state index < -0.39 is 12.2 Å². The second-order valence-corrected chi connectivity index (χ2v) is 4.86. The van der Waals surface area contributed by atoms with E-state index in [1.165, 1.54) is 0 Å². The molecule has 0 aliphatic heterocycles. The Bertz CT molecular complexity index is 579. The van der Waals surface area contributed by atoms with Gasteiger partial charge in [-0.25, -0.2) is 0 Å². The summed E-state index contributed by atoms with van der Waals surface area (Å²) in [6.07, 6.45) is -1.12. The molecule has 0 radical (unpaired) electrons. The first-order valence-electron chi connectivity index (χ1n) is 6.87. The maximum atomic E-state index is 12.0. The summed E-state index contributed by atoms with van der Waals surface area (Å²) in [5, 5.41) is 12.2. The zero-order chi connectivity index (χ0) is 15.2. The van der Waals surface area contributed by atoms with Gasteiger partial charge in [-0.3, -0.25) is 4.79 Å². The number of carbonyl (C=O) groups is 1. The average Bonchev–Trinajstić information content (AvgIpc) is 2.48. The van der Waals surface area contributed by atoms with Crippen molar-refractivity contribution < 1.29 is 14.6 Å². The summed E-state index contributed by atoms with van der Waals surface area (Å²) in [5.74, 6) is 0.385. The van der Waals surface area contributed by atoms with Gasteiger partial charge in [-0.05, 0) is 43.7 Å². The van der Waals surface area contributed by atoms with Crippen LogP contribution in [-0.4, -0.2) is 17.1 Å². The number of rotatable bonds is 5. The quantitative estimate of drug-likeness (QED) is 0.887. The van der Waals surface area contributed by atoms with Crippen molar-refractivity contribution >= 4 is 11.6 Å². The number of carbonyl (C=O) groups excluding carboxylic acids is 1. The molecule has 2 aromatic rings. The minimum absolute atomic E-state index is 0.208. The average molecular weight is 285 g/mol. The van der Waals surface area contributed by atoms with Gasteiger partial charge in [0.25, 0.3) is 5.91 Å². The van der Waals surface area contributed by atoms with Crippen molar-refractivity contribution in [2.75, 3.05) is 5.32 Å². The number of ether oxygens (including phenoxy) is 1. The number of nitrogens with one attached hydrogen (secondary N) is 1. The minimum atomic E-state index is -0.609. The molecule has 21 heavy (non-hydrogen) atoms. The first-order chi connectivity index (χ1) is 10.1. The smallest absolute Gasteiger partial charge is 0.265 e. The molecule has 4 nitrogen and oxygen atoms in total. The third kappa shape index (κ3) is 4.33. The van der Waals surface area contributed by atoms with E-state index in [2.05, 4.69) is 5.32 Å². The highest BCUT2D eigenvalue weighted by Crippen LogP contribution is 2.18. The van der Waals surface area contributed by atoms with Crippen LogP contribution < -0.4 is 10.1 Å². The van der Waals surface area contributed by atoms with Crippen LogP contribution in [0.1, 0.15) is 25.5 Å². The number of para-hydroxylation sites is 1. The molecular formula is C17H19NO3. The Morgan fingerprint density at radius 3 is 2.24 bits per heavy atom. The summed E-state index contributed by atoms with van der Waals surface area (Å²) in [7, 11) is 0. The van der Waals surface area contributed by atoms with E-state index in [1.807, 2.05) is 30.3 Å². The lowest BCUT2D eigenvalue weighted by molar-refractivity contribution is -0.122. The largest absolute Gasteiger partial charge is 0.481 e. The van der Waals surface area contributed by atoms with E-state index in [1.54, 1.807) is 38.1 Å². The second-order valence-electron chi connectivity index (χ2n) is 4.86. The Morgan fingerprint density at radius 2 is 1.67 bits per heavy atom. The summed E-state index contributed by atoms with van der Waals surface area (Å²) in [6.45, 7) is 3.40. The molecule has 0 spiro atoms. The Hall–Kier alpha value is -2.33. The van der Waals surface area contributed by atoms with Crippen LogP contribution in [0.25, 0.3) is 0 Å². The standard InChI is InChI=1S/C17H19NO3/c1-12(19)14-8-10-16(11-9-14)21-13(2)17(20)18-15-6-4-3-5-7-15/h3-13,19H,1-2H3,(H,18,20)/t12-,13?/m1/s1. The van der Waals surface area contributed by atoms with Gasteiger partial charge in [0, 0.05) is 5.69 Å². The SMILES string of the molecule is CC(Oc1ccc([C@@H](C)O)cc1)C(=O)Nc1ccccc1. The van der Waals surface area contributed by atoms with E-state index in [9.17, 15) is 9.90 Å². The van der Waals surface area contributed by atoms with Gasteiger partial charge in [-0.1, -0.05) is 30.3 Å². The molecule has 1 amide bonds. The van der Waals surface area contributed by atoms with Gasteiger partial charge in [0.2, 0.25) is 0 Å². The van der Waals surface area contributed by atoms with Crippen LogP contribution in [0.15, 0.2) is 54.6 Å². The van der Waals surface area contributed by atoms with Crippen LogP contribution in [-0.2, 0) is 4.79 Å². The molecule has 0 heterocycles. The highest BCUT2D eigenvalue weighted by Gasteiger charge is 2.14. The number of hydrogen-bond donors (Lipinski definition) is 2. The summed E-state index contributed by atoms with van der Waals surface area (Å²) in [4.78, 5) is 12.0. The zero-order valence-corrected chi connectivity index (χ0v) is 12.1. The summed E-state index contributed by atoms with van der Waals surface area (Å²) < 4.78 is 5.59. The number of hydrogen-bond acceptors (Lipinski definition) is 3. The topological polar surface area (TPSA) is 58.6 Å². The molecule has 0 bridgehead atoms. The molecule has 110 valence electrons. The van der Waals surface area contributed by atoms with Crippen molar-refractivity contribution in [3.8, 4) is 5.75 Å². The molecule has 1 unspecified atom stereocenters. The van der Waals surface area contributed by atoms with Crippen molar-refractivity contribution in [3.63, 3.8) is 0 Å². The lowest BCUT2D eigenvalue weighted by atomic mass is 10.1. The number of benzene rings is 2. The zero-order valence-electron chi connectivity index (χ0n) is 12.1. The van der Waals surface area contributed by atoms with Crippen LogP contribution in [0.5, 0.6) is 5.75 Å². The van der Waals surface area contributed by atoms with E-state index in [0.29, 0.717) is 5.75 Å². The molecule has 0 aliphatic carbocycles. The van der Waals surface area contributed by atoms with Gasteiger partial charge in [-0.2, -0.15) is 0 Å². The van der Waals surface area contributed by atoms with Gasteiger partial charge in [-0.15, -0.1) is 0 Å². The molecule has 2 atom stereocenters. The fourth-order valence-corrected chi connectivity index (χ4v) is 1.85. The number of anilines is 1. The van der Waals surface area contributed by atoms with Crippen molar-refractivity contribution in [1.29, 1.82) is 0 Å². The van der Waals surface area contributed by atoms with Gasteiger partial charge in [0.05, 0.1) is 6.10 Å². The number of aliphatic hydroxyl groups is 1. The van der Waals surface area contributed by atoms with Gasteiger partial charge >= 0.3 is 0 Å². The third-order valence-corrected chi connectivity index (χ3v) is 3.09. The maximum absolute atomic E-state index is 12.0. The van der Waals surface area contributed by atoms with Crippen LogP contribution in [0.3, 0.4) is 0 Å². The van der Waals surface area contributed by atoms with Crippen molar-refractivity contribution in [3.05, 3.63) is 60.2 Å². The number of aliphatic hydroxyl groups excluding tert-OH is 1. The first kappa shape index (κ1) is 15.1. The molecular weight excluding hydrogens is 266 g/mol. The molecule has 2 aromatic carbocycles. The molecule has 2 rings (SSSR count). The third-order valence-electron chi connectivity index (χ3n) is 3.09. The van der Waals surface area contributed by atoms with Gasteiger partial charge in [0.1, 0.15) is 5.75 Å². The fraction of sp³-hybridized carbons (Fsp3) is 0.235. The fourth-order valence-electron chi connectivity index (χ4n) is 1.85. The first-order valence-corrected chi connectivity index (χ1v) is 6.87. The highest BCUT2D eigenvalue weighted by molar-refractivity contribution is 5.94. The predicted octanol–water partition coefficient (Wildman–Crippen LogP) is 3.15. The predicted molar refractivity (Wildman–Crippen MR) is 82.2 cm³/mol. The summed E-state index contributed by atoms with van der Waals surface area (Å²) in [5.41, 5.74) is 1.55.